The highest BCUT2D eigenvalue weighted by molar-refractivity contribution is 6.21. The summed E-state index contributed by atoms with van der Waals surface area (Å²) in [7, 11) is 0. The maximum Gasteiger partial charge on any atom is 0.200 e. The van der Waals surface area contributed by atoms with E-state index in [1.165, 1.54) is 6.20 Å². The molecule has 0 saturated carbocycles. The maximum atomic E-state index is 13.6. The number of aromatic nitrogens is 1. The molecule has 0 N–H and O–H groups in total. The van der Waals surface area contributed by atoms with Crippen molar-refractivity contribution in [3.63, 3.8) is 0 Å². The second kappa shape index (κ2) is 5.97. The van der Waals surface area contributed by atoms with Crippen LogP contribution in [-0.4, -0.2) is 4.98 Å². The van der Waals surface area contributed by atoms with Gasteiger partial charge in [-0.25, -0.2) is 22.0 Å². The van der Waals surface area contributed by atoms with Gasteiger partial charge >= 0.3 is 0 Å². The molecule has 0 spiro atoms. The lowest BCUT2D eigenvalue weighted by Crippen LogP contribution is -2.10. The zero-order chi connectivity index (χ0) is 15.7. The van der Waals surface area contributed by atoms with Gasteiger partial charge < -0.3 is 0 Å². The molecule has 0 aliphatic carbocycles. The van der Waals surface area contributed by atoms with Crippen LogP contribution in [0.25, 0.3) is 0 Å². The third-order valence-corrected chi connectivity index (χ3v) is 3.29. The van der Waals surface area contributed by atoms with Crippen LogP contribution in [0.15, 0.2) is 18.3 Å². The summed E-state index contributed by atoms with van der Waals surface area (Å²) in [6, 6.07) is 3.27. The summed E-state index contributed by atoms with van der Waals surface area (Å²) < 4.78 is 66.4. The van der Waals surface area contributed by atoms with Gasteiger partial charge in [0.2, 0.25) is 5.82 Å². The third kappa shape index (κ3) is 3.00. The highest BCUT2D eigenvalue weighted by Gasteiger charge is 2.29. The minimum absolute atomic E-state index is 0.166. The largest absolute Gasteiger partial charge is 0.261 e. The summed E-state index contributed by atoms with van der Waals surface area (Å²) in [5, 5.41) is -1.43. The molecule has 1 atom stereocenters. The Morgan fingerprint density at radius 2 is 1.48 bits per heavy atom. The Labute approximate surface area is 122 Å². The SMILES string of the molecule is Cc1ccc(CC(Cl)c2c(F)c(F)c(F)c(F)c2F)nc1. The Balaban J connectivity index is 2.39. The van der Waals surface area contributed by atoms with E-state index in [1.807, 2.05) is 0 Å². The summed E-state index contributed by atoms with van der Waals surface area (Å²) in [5.74, 6) is -10.1. The molecule has 1 heterocycles. The third-order valence-electron chi connectivity index (χ3n) is 2.92. The topological polar surface area (TPSA) is 12.9 Å². The lowest BCUT2D eigenvalue weighted by atomic mass is 10.0. The molecular weight excluding hydrogens is 313 g/mol. The molecule has 1 aromatic carbocycles. The monoisotopic (exact) mass is 321 g/mol. The highest BCUT2D eigenvalue weighted by Crippen LogP contribution is 2.33. The van der Waals surface area contributed by atoms with Crippen molar-refractivity contribution in [2.75, 3.05) is 0 Å². The molecule has 0 amide bonds. The van der Waals surface area contributed by atoms with Crippen LogP contribution in [0.4, 0.5) is 22.0 Å². The minimum Gasteiger partial charge on any atom is -0.261 e. The average molecular weight is 322 g/mol. The van der Waals surface area contributed by atoms with Gasteiger partial charge in [0.25, 0.3) is 0 Å². The number of alkyl halides is 1. The van der Waals surface area contributed by atoms with Crippen molar-refractivity contribution in [2.24, 2.45) is 0 Å². The molecule has 1 nitrogen and oxygen atoms in total. The molecule has 1 aromatic heterocycles. The van der Waals surface area contributed by atoms with Crippen LogP contribution in [-0.2, 0) is 6.42 Å². The zero-order valence-electron chi connectivity index (χ0n) is 10.7. The van der Waals surface area contributed by atoms with E-state index in [0.717, 1.165) is 5.56 Å². The number of hydrogen-bond acceptors (Lipinski definition) is 1. The molecule has 112 valence electrons. The maximum absolute atomic E-state index is 13.6. The quantitative estimate of drug-likeness (QED) is 0.348. The van der Waals surface area contributed by atoms with Gasteiger partial charge in [-0.3, -0.25) is 4.98 Å². The van der Waals surface area contributed by atoms with Crippen LogP contribution >= 0.6 is 11.6 Å². The van der Waals surface area contributed by atoms with Crippen molar-refractivity contribution < 1.29 is 22.0 Å². The van der Waals surface area contributed by atoms with Crippen LogP contribution < -0.4 is 0 Å². The van der Waals surface area contributed by atoms with E-state index in [-0.39, 0.29) is 6.42 Å². The zero-order valence-corrected chi connectivity index (χ0v) is 11.5. The van der Waals surface area contributed by atoms with Crippen LogP contribution in [0.5, 0.6) is 0 Å². The Morgan fingerprint density at radius 3 is 1.95 bits per heavy atom. The predicted molar refractivity (Wildman–Crippen MR) is 67.5 cm³/mol. The number of nitrogens with zero attached hydrogens (tertiary/aromatic N) is 1. The number of rotatable bonds is 3. The van der Waals surface area contributed by atoms with E-state index in [9.17, 15) is 22.0 Å². The summed E-state index contributed by atoms with van der Waals surface area (Å²) in [4.78, 5) is 3.97. The number of aryl methyl sites for hydroxylation is 1. The van der Waals surface area contributed by atoms with Crippen LogP contribution in [0, 0.1) is 36.0 Å². The molecule has 0 aliphatic rings. The second-order valence-electron chi connectivity index (χ2n) is 4.48. The van der Waals surface area contributed by atoms with E-state index >= 15 is 0 Å². The van der Waals surface area contributed by atoms with Gasteiger partial charge in [-0.1, -0.05) is 6.07 Å². The smallest absolute Gasteiger partial charge is 0.200 e. The number of pyridine rings is 1. The minimum atomic E-state index is -2.20. The van der Waals surface area contributed by atoms with E-state index in [0.29, 0.717) is 5.69 Å². The van der Waals surface area contributed by atoms with Gasteiger partial charge in [-0.05, 0) is 18.6 Å². The molecule has 2 rings (SSSR count). The Hall–Kier alpha value is -1.69. The number of halogens is 6. The van der Waals surface area contributed by atoms with E-state index in [2.05, 4.69) is 4.98 Å². The van der Waals surface area contributed by atoms with Crippen molar-refractivity contribution in [3.8, 4) is 0 Å². The molecular formula is C14H9ClF5N. The van der Waals surface area contributed by atoms with Crippen molar-refractivity contribution in [2.45, 2.75) is 18.7 Å². The molecule has 0 radical (unpaired) electrons. The van der Waals surface area contributed by atoms with E-state index in [1.54, 1.807) is 19.1 Å². The Morgan fingerprint density at radius 1 is 0.952 bits per heavy atom. The standard InChI is InChI=1S/C14H9ClF5N/c1-6-2-3-7(21-5-6)4-8(15)9-10(16)12(18)14(20)13(19)11(9)17/h2-3,5,8H,4H2,1H3. The van der Waals surface area contributed by atoms with Crippen LogP contribution in [0.2, 0.25) is 0 Å². The molecule has 1 unspecified atom stereocenters. The first-order chi connectivity index (χ1) is 9.82. The Bertz CT molecular complexity index is 643. The molecule has 21 heavy (non-hydrogen) atoms. The average Bonchev–Trinajstić information content (AvgIpc) is 2.46. The predicted octanol–water partition coefficient (Wildman–Crippen LogP) is 4.61. The van der Waals surface area contributed by atoms with Gasteiger partial charge in [-0.2, -0.15) is 0 Å². The van der Waals surface area contributed by atoms with Crippen molar-refractivity contribution in [3.05, 3.63) is 64.2 Å². The van der Waals surface area contributed by atoms with Crippen molar-refractivity contribution in [1.82, 2.24) is 4.98 Å². The number of benzene rings is 1. The molecule has 0 saturated heterocycles. The van der Waals surface area contributed by atoms with Gasteiger partial charge in [0, 0.05) is 23.9 Å². The molecule has 0 fully saturated rings. The van der Waals surface area contributed by atoms with Gasteiger partial charge in [0.1, 0.15) is 0 Å². The first-order valence-corrected chi connectivity index (χ1v) is 6.33. The van der Waals surface area contributed by atoms with Gasteiger partial charge in [0.15, 0.2) is 23.3 Å². The molecule has 2 aromatic rings. The Kier molecular flexibility index (Phi) is 4.46. The summed E-state index contributed by atoms with van der Waals surface area (Å²) in [5.41, 5.74) is 0.195. The van der Waals surface area contributed by atoms with Crippen molar-refractivity contribution in [1.29, 1.82) is 0 Å². The van der Waals surface area contributed by atoms with Crippen LogP contribution in [0.3, 0.4) is 0 Å². The first kappa shape index (κ1) is 15.7. The molecule has 0 bridgehead atoms. The molecule has 7 heteroatoms. The normalized spacial score (nSPS) is 12.5. The summed E-state index contributed by atoms with van der Waals surface area (Å²) in [6.45, 7) is 1.79. The second-order valence-corrected chi connectivity index (χ2v) is 5.01. The highest BCUT2D eigenvalue weighted by atomic mass is 35.5. The molecule has 0 aliphatic heterocycles. The van der Waals surface area contributed by atoms with Gasteiger partial charge in [-0.15, -0.1) is 11.6 Å². The summed E-state index contributed by atoms with van der Waals surface area (Å²) >= 11 is 5.81. The van der Waals surface area contributed by atoms with E-state index < -0.39 is 40.0 Å². The lowest BCUT2D eigenvalue weighted by molar-refractivity contribution is 0.369. The lowest BCUT2D eigenvalue weighted by Gasteiger charge is -2.13. The summed E-state index contributed by atoms with van der Waals surface area (Å²) in [6.07, 6.45) is 1.34. The fourth-order valence-electron chi connectivity index (χ4n) is 1.80. The van der Waals surface area contributed by atoms with Crippen LogP contribution in [0.1, 0.15) is 22.2 Å². The van der Waals surface area contributed by atoms with Crippen molar-refractivity contribution >= 4 is 11.6 Å². The number of hydrogen-bond donors (Lipinski definition) is 0. The van der Waals surface area contributed by atoms with Gasteiger partial charge in [0.05, 0.1) is 5.38 Å². The van der Waals surface area contributed by atoms with E-state index in [4.69, 9.17) is 11.6 Å². The fraction of sp³-hybridized carbons (Fsp3) is 0.214. The fourth-order valence-corrected chi connectivity index (χ4v) is 2.15. The first-order valence-electron chi connectivity index (χ1n) is 5.89.